The first-order valence-electron chi connectivity index (χ1n) is 8.30. The number of nitrogens with one attached hydrogen (secondary N) is 3. The van der Waals surface area contributed by atoms with Crippen molar-refractivity contribution in [2.24, 2.45) is 0 Å². The molecule has 3 N–H and O–H groups in total. The van der Waals surface area contributed by atoms with Gasteiger partial charge < -0.3 is 10.6 Å². The Morgan fingerprint density at radius 1 is 1.12 bits per heavy atom. The van der Waals surface area contributed by atoms with Crippen molar-refractivity contribution in [2.45, 2.75) is 32.4 Å². The van der Waals surface area contributed by atoms with Crippen LogP contribution in [0.25, 0.3) is 0 Å². The maximum absolute atomic E-state index is 12.8. The second-order valence-electron chi connectivity index (χ2n) is 6.00. The number of benzene rings is 1. The van der Waals surface area contributed by atoms with E-state index >= 15 is 0 Å². The zero-order chi connectivity index (χ0) is 18.2. The summed E-state index contributed by atoms with van der Waals surface area (Å²) in [6.07, 6.45) is 1.88. The number of nitrogens with zero attached hydrogens (tertiary/aromatic N) is 1. The van der Waals surface area contributed by atoms with Crippen molar-refractivity contribution >= 4 is 17.8 Å². The SMILES string of the molecule is CCN(CC(=O)NCc1ccc(F)cc1)CC(=O)NC(=O)NC1CC1. The van der Waals surface area contributed by atoms with Gasteiger partial charge in [-0.25, -0.2) is 9.18 Å². The van der Waals surface area contributed by atoms with Crippen LogP contribution in [-0.2, 0) is 16.1 Å². The molecule has 1 fully saturated rings. The summed E-state index contributed by atoms with van der Waals surface area (Å²) in [6.45, 7) is 2.59. The standard InChI is InChI=1S/C17H23FN4O3/c1-2-22(11-16(24)21-17(25)20-14-7-8-14)10-15(23)19-9-12-3-5-13(18)6-4-12/h3-6,14H,2,7-11H2,1H3,(H,19,23)(H2,20,21,24,25). The topological polar surface area (TPSA) is 90.5 Å². The van der Waals surface area contributed by atoms with Crippen LogP contribution >= 0.6 is 0 Å². The lowest BCUT2D eigenvalue weighted by molar-refractivity contribution is -0.124. The van der Waals surface area contributed by atoms with E-state index in [1.807, 2.05) is 6.92 Å². The predicted molar refractivity (Wildman–Crippen MR) is 90.1 cm³/mol. The average molecular weight is 350 g/mol. The fourth-order valence-electron chi connectivity index (χ4n) is 2.16. The fourth-order valence-corrected chi connectivity index (χ4v) is 2.16. The molecule has 1 aromatic carbocycles. The van der Waals surface area contributed by atoms with Gasteiger partial charge in [-0.15, -0.1) is 0 Å². The molecule has 0 aliphatic heterocycles. The molecule has 25 heavy (non-hydrogen) atoms. The van der Waals surface area contributed by atoms with E-state index in [2.05, 4.69) is 16.0 Å². The van der Waals surface area contributed by atoms with Crippen LogP contribution in [0.15, 0.2) is 24.3 Å². The van der Waals surface area contributed by atoms with Gasteiger partial charge in [0.25, 0.3) is 0 Å². The Hall–Kier alpha value is -2.48. The van der Waals surface area contributed by atoms with Crippen LogP contribution in [0.5, 0.6) is 0 Å². The number of imide groups is 1. The lowest BCUT2D eigenvalue weighted by atomic mass is 10.2. The Morgan fingerprint density at radius 2 is 1.76 bits per heavy atom. The fraction of sp³-hybridized carbons (Fsp3) is 0.471. The van der Waals surface area contributed by atoms with E-state index in [9.17, 15) is 18.8 Å². The van der Waals surface area contributed by atoms with Gasteiger partial charge in [0.15, 0.2) is 0 Å². The van der Waals surface area contributed by atoms with Crippen LogP contribution in [0.2, 0.25) is 0 Å². The van der Waals surface area contributed by atoms with Gasteiger partial charge in [0.05, 0.1) is 13.1 Å². The maximum atomic E-state index is 12.8. The Bertz CT molecular complexity index is 617. The van der Waals surface area contributed by atoms with Gasteiger partial charge in [0, 0.05) is 12.6 Å². The quantitative estimate of drug-likeness (QED) is 0.645. The molecule has 0 bridgehead atoms. The van der Waals surface area contributed by atoms with E-state index in [0.29, 0.717) is 6.54 Å². The Labute approximate surface area is 145 Å². The average Bonchev–Trinajstić information content (AvgIpc) is 3.37. The molecule has 7 nitrogen and oxygen atoms in total. The highest BCUT2D eigenvalue weighted by Crippen LogP contribution is 2.18. The molecule has 0 radical (unpaired) electrons. The predicted octanol–water partition coefficient (Wildman–Crippen LogP) is 0.752. The number of urea groups is 1. The van der Waals surface area contributed by atoms with Gasteiger partial charge in [-0.2, -0.15) is 0 Å². The summed E-state index contributed by atoms with van der Waals surface area (Å²) in [6, 6.07) is 5.53. The first-order chi connectivity index (χ1) is 12.0. The van der Waals surface area contributed by atoms with Crippen LogP contribution in [0.4, 0.5) is 9.18 Å². The van der Waals surface area contributed by atoms with Crippen LogP contribution in [-0.4, -0.2) is 48.4 Å². The van der Waals surface area contributed by atoms with Crippen molar-refractivity contribution in [2.75, 3.05) is 19.6 Å². The van der Waals surface area contributed by atoms with Gasteiger partial charge >= 0.3 is 6.03 Å². The van der Waals surface area contributed by atoms with E-state index in [1.54, 1.807) is 17.0 Å². The monoisotopic (exact) mass is 350 g/mol. The first kappa shape index (κ1) is 18.9. The first-order valence-corrected chi connectivity index (χ1v) is 8.30. The van der Waals surface area contributed by atoms with Crippen molar-refractivity contribution in [1.82, 2.24) is 20.9 Å². The molecule has 1 saturated carbocycles. The van der Waals surface area contributed by atoms with E-state index in [0.717, 1.165) is 18.4 Å². The zero-order valence-corrected chi connectivity index (χ0v) is 14.2. The summed E-state index contributed by atoms with van der Waals surface area (Å²) < 4.78 is 12.8. The Kier molecular flexibility index (Phi) is 6.88. The number of halogens is 1. The summed E-state index contributed by atoms with van der Waals surface area (Å²) in [5, 5.41) is 7.64. The van der Waals surface area contributed by atoms with Crippen LogP contribution in [0.1, 0.15) is 25.3 Å². The smallest absolute Gasteiger partial charge is 0.321 e. The maximum Gasteiger partial charge on any atom is 0.321 e. The summed E-state index contributed by atoms with van der Waals surface area (Å²) in [5.74, 6) is -1.03. The minimum atomic E-state index is -0.496. The summed E-state index contributed by atoms with van der Waals surface area (Å²) in [5.41, 5.74) is 0.785. The highest BCUT2D eigenvalue weighted by atomic mass is 19.1. The molecule has 4 amide bonds. The lowest BCUT2D eigenvalue weighted by Gasteiger charge is -2.19. The summed E-state index contributed by atoms with van der Waals surface area (Å²) in [4.78, 5) is 36.9. The molecule has 136 valence electrons. The number of carbonyl (C=O) groups is 3. The third kappa shape index (κ3) is 7.30. The highest BCUT2D eigenvalue weighted by Gasteiger charge is 2.24. The van der Waals surface area contributed by atoms with Crippen molar-refractivity contribution in [3.8, 4) is 0 Å². The Balaban J connectivity index is 1.69. The molecule has 0 unspecified atom stereocenters. The number of carbonyl (C=O) groups excluding carboxylic acids is 3. The second kappa shape index (κ2) is 9.12. The number of hydrogen-bond acceptors (Lipinski definition) is 4. The minimum Gasteiger partial charge on any atom is -0.351 e. The molecule has 1 aromatic rings. The molecule has 1 aliphatic carbocycles. The van der Waals surface area contributed by atoms with Crippen molar-refractivity contribution < 1.29 is 18.8 Å². The third-order valence-corrected chi connectivity index (χ3v) is 3.75. The van der Waals surface area contributed by atoms with Gasteiger partial charge in [0.2, 0.25) is 11.8 Å². The zero-order valence-electron chi connectivity index (χ0n) is 14.2. The second-order valence-corrected chi connectivity index (χ2v) is 6.00. The summed E-state index contributed by atoms with van der Waals surface area (Å²) >= 11 is 0. The van der Waals surface area contributed by atoms with Gasteiger partial charge in [-0.05, 0) is 37.1 Å². The molecule has 2 rings (SSSR count). The molecule has 0 heterocycles. The van der Waals surface area contributed by atoms with E-state index in [4.69, 9.17) is 0 Å². The summed E-state index contributed by atoms with van der Waals surface area (Å²) in [7, 11) is 0. The largest absolute Gasteiger partial charge is 0.351 e. The van der Waals surface area contributed by atoms with E-state index in [-0.39, 0.29) is 37.4 Å². The minimum absolute atomic E-state index is 0.0371. The normalized spacial score (nSPS) is 13.4. The molecule has 0 atom stereocenters. The Morgan fingerprint density at radius 3 is 2.36 bits per heavy atom. The number of hydrogen-bond donors (Lipinski definition) is 3. The van der Waals surface area contributed by atoms with Crippen molar-refractivity contribution in [3.05, 3.63) is 35.6 Å². The molecule has 8 heteroatoms. The van der Waals surface area contributed by atoms with E-state index in [1.165, 1.54) is 12.1 Å². The molecular formula is C17H23FN4O3. The number of rotatable bonds is 8. The van der Waals surface area contributed by atoms with E-state index < -0.39 is 11.9 Å². The number of amides is 4. The van der Waals surface area contributed by atoms with Gasteiger partial charge in [-0.1, -0.05) is 19.1 Å². The molecule has 1 aliphatic rings. The van der Waals surface area contributed by atoms with Crippen LogP contribution in [0, 0.1) is 5.82 Å². The van der Waals surface area contributed by atoms with Crippen LogP contribution < -0.4 is 16.0 Å². The molecular weight excluding hydrogens is 327 g/mol. The molecule has 0 aromatic heterocycles. The molecule has 0 saturated heterocycles. The highest BCUT2D eigenvalue weighted by molar-refractivity contribution is 5.95. The van der Waals surface area contributed by atoms with Gasteiger partial charge in [0.1, 0.15) is 5.82 Å². The van der Waals surface area contributed by atoms with Gasteiger partial charge in [-0.3, -0.25) is 19.8 Å². The van der Waals surface area contributed by atoms with Crippen molar-refractivity contribution in [1.29, 1.82) is 0 Å². The third-order valence-electron chi connectivity index (χ3n) is 3.75. The van der Waals surface area contributed by atoms with Crippen molar-refractivity contribution in [3.63, 3.8) is 0 Å². The number of likely N-dealkylation sites (N-methyl/N-ethyl adjacent to an activating group) is 1. The molecule has 0 spiro atoms. The lowest BCUT2D eigenvalue weighted by Crippen LogP contribution is -2.47. The van der Waals surface area contributed by atoms with Crippen LogP contribution in [0.3, 0.4) is 0 Å².